The van der Waals surface area contributed by atoms with Gasteiger partial charge in [0.05, 0.1) is 16.3 Å². The lowest BCUT2D eigenvalue weighted by molar-refractivity contribution is 0.322. The van der Waals surface area contributed by atoms with E-state index in [2.05, 4.69) is 5.16 Å². The van der Waals surface area contributed by atoms with E-state index in [0.29, 0.717) is 20.6 Å². The van der Waals surface area contributed by atoms with Gasteiger partial charge in [0, 0.05) is 10.6 Å². The van der Waals surface area contributed by atoms with Crippen LogP contribution in [-0.2, 0) is 0 Å². The normalized spacial score (nSPS) is 10.9. The SMILES string of the molecule is O/N=C/c1cc(Cl)cc(Cl)c1Cl. The van der Waals surface area contributed by atoms with Gasteiger partial charge in [0.1, 0.15) is 0 Å². The van der Waals surface area contributed by atoms with Crippen LogP contribution in [0.1, 0.15) is 5.56 Å². The zero-order valence-corrected chi connectivity index (χ0v) is 8.03. The van der Waals surface area contributed by atoms with Crippen molar-refractivity contribution in [2.24, 2.45) is 5.16 Å². The summed E-state index contributed by atoms with van der Waals surface area (Å²) in [6.07, 6.45) is 1.17. The lowest BCUT2D eigenvalue weighted by Crippen LogP contribution is -1.84. The Morgan fingerprint density at radius 2 is 1.92 bits per heavy atom. The van der Waals surface area contributed by atoms with Crippen LogP contribution >= 0.6 is 34.8 Å². The molecule has 0 aliphatic heterocycles. The fourth-order valence-electron chi connectivity index (χ4n) is 0.732. The second-order valence-corrected chi connectivity index (χ2v) is 3.26. The molecule has 2 nitrogen and oxygen atoms in total. The summed E-state index contributed by atoms with van der Waals surface area (Å²) in [5.41, 5.74) is 0.483. The van der Waals surface area contributed by atoms with E-state index in [4.69, 9.17) is 40.0 Å². The molecule has 0 saturated carbocycles. The Kier molecular flexibility index (Phi) is 3.20. The van der Waals surface area contributed by atoms with Gasteiger partial charge in [-0.2, -0.15) is 0 Å². The summed E-state index contributed by atoms with van der Waals surface area (Å²) < 4.78 is 0. The number of nitrogens with zero attached hydrogens (tertiary/aromatic N) is 1. The minimum atomic E-state index is 0.318. The molecular formula is C7H4Cl3NO. The molecule has 1 N–H and O–H groups in total. The van der Waals surface area contributed by atoms with Crippen LogP contribution in [0.2, 0.25) is 15.1 Å². The fourth-order valence-corrected chi connectivity index (χ4v) is 1.40. The van der Waals surface area contributed by atoms with Crippen LogP contribution in [0.5, 0.6) is 0 Å². The van der Waals surface area contributed by atoms with Crippen molar-refractivity contribution in [3.8, 4) is 0 Å². The average molecular weight is 224 g/mol. The second kappa shape index (κ2) is 3.99. The summed E-state index contributed by atoms with van der Waals surface area (Å²) in [5, 5.41) is 12.2. The zero-order valence-electron chi connectivity index (χ0n) is 5.76. The van der Waals surface area contributed by atoms with E-state index in [-0.39, 0.29) is 0 Å². The fraction of sp³-hybridized carbons (Fsp3) is 0. The standard InChI is InChI=1S/C7H4Cl3NO/c8-5-1-4(3-11-12)7(10)6(9)2-5/h1-3,12H/b11-3+. The van der Waals surface area contributed by atoms with Crippen molar-refractivity contribution >= 4 is 41.0 Å². The Balaban J connectivity index is 3.27. The number of hydrogen-bond donors (Lipinski definition) is 1. The molecule has 0 saturated heterocycles. The van der Waals surface area contributed by atoms with Crippen molar-refractivity contribution in [3.05, 3.63) is 32.8 Å². The first-order valence-electron chi connectivity index (χ1n) is 2.97. The van der Waals surface area contributed by atoms with Gasteiger partial charge in [0.15, 0.2) is 0 Å². The molecule has 0 aromatic heterocycles. The third kappa shape index (κ3) is 2.03. The second-order valence-electron chi connectivity index (χ2n) is 2.04. The highest BCUT2D eigenvalue weighted by atomic mass is 35.5. The molecular weight excluding hydrogens is 220 g/mol. The Morgan fingerprint density at radius 1 is 1.25 bits per heavy atom. The van der Waals surface area contributed by atoms with Gasteiger partial charge in [-0.1, -0.05) is 40.0 Å². The van der Waals surface area contributed by atoms with Crippen LogP contribution in [0.4, 0.5) is 0 Å². The smallest absolute Gasteiger partial charge is 0.0749 e. The molecule has 1 aromatic rings. The number of hydrogen-bond acceptors (Lipinski definition) is 2. The number of halogens is 3. The largest absolute Gasteiger partial charge is 0.411 e. The van der Waals surface area contributed by atoms with Gasteiger partial charge in [0.25, 0.3) is 0 Å². The number of rotatable bonds is 1. The van der Waals surface area contributed by atoms with Gasteiger partial charge in [0.2, 0.25) is 0 Å². The van der Waals surface area contributed by atoms with Gasteiger partial charge in [-0.25, -0.2) is 0 Å². The maximum Gasteiger partial charge on any atom is 0.0749 e. The van der Waals surface area contributed by atoms with Crippen molar-refractivity contribution in [2.75, 3.05) is 0 Å². The molecule has 0 aliphatic rings. The summed E-state index contributed by atoms with van der Waals surface area (Å²) in [6.45, 7) is 0. The summed E-state index contributed by atoms with van der Waals surface area (Å²) in [6, 6.07) is 3.07. The molecule has 1 aromatic carbocycles. The van der Waals surface area contributed by atoms with Gasteiger partial charge in [-0.15, -0.1) is 0 Å². The van der Waals surface area contributed by atoms with Crippen molar-refractivity contribution in [1.29, 1.82) is 0 Å². The number of benzene rings is 1. The minimum absolute atomic E-state index is 0.318. The molecule has 0 spiro atoms. The summed E-state index contributed by atoms with van der Waals surface area (Å²) in [5.74, 6) is 0. The van der Waals surface area contributed by atoms with Gasteiger partial charge < -0.3 is 5.21 Å². The van der Waals surface area contributed by atoms with E-state index in [0.717, 1.165) is 0 Å². The summed E-state index contributed by atoms with van der Waals surface area (Å²) >= 11 is 17.1. The molecule has 0 unspecified atom stereocenters. The summed E-state index contributed by atoms with van der Waals surface area (Å²) in [4.78, 5) is 0. The predicted molar refractivity (Wildman–Crippen MR) is 50.9 cm³/mol. The third-order valence-electron chi connectivity index (χ3n) is 1.22. The van der Waals surface area contributed by atoms with Crippen LogP contribution in [-0.4, -0.2) is 11.4 Å². The van der Waals surface area contributed by atoms with Crippen molar-refractivity contribution < 1.29 is 5.21 Å². The first-order chi connectivity index (χ1) is 5.65. The lowest BCUT2D eigenvalue weighted by atomic mass is 10.2. The van der Waals surface area contributed by atoms with Gasteiger partial charge >= 0.3 is 0 Å². The molecule has 1 rings (SSSR count). The monoisotopic (exact) mass is 223 g/mol. The molecule has 0 radical (unpaired) electrons. The molecule has 0 heterocycles. The van der Waals surface area contributed by atoms with Crippen molar-refractivity contribution in [2.45, 2.75) is 0 Å². The molecule has 0 amide bonds. The minimum Gasteiger partial charge on any atom is -0.411 e. The average Bonchev–Trinajstić information content (AvgIpc) is 2.00. The van der Waals surface area contributed by atoms with Gasteiger partial charge in [-0.05, 0) is 12.1 Å². The van der Waals surface area contributed by atoms with E-state index in [1.165, 1.54) is 12.3 Å². The van der Waals surface area contributed by atoms with E-state index in [1.54, 1.807) is 6.07 Å². The highest BCUT2D eigenvalue weighted by Gasteiger charge is 2.04. The first-order valence-corrected chi connectivity index (χ1v) is 4.10. The van der Waals surface area contributed by atoms with Crippen molar-refractivity contribution in [1.82, 2.24) is 0 Å². The van der Waals surface area contributed by atoms with E-state index >= 15 is 0 Å². The van der Waals surface area contributed by atoms with E-state index in [9.17, 15) is 0 Å². The Hall–Kier alpha value is -0.440. The lowest BCUT2D eigenvalue weighted by Gasteiger charge is -2.00. The van der Waals surface area contributed by atoms with Gasteiger partial charge in [-0.3, -0.25) is 0 Å². The van der Waals surface area contributed by atoms with Crippen LogP contribution < -0.4 is 0 Å². The van der Waals surface area contributed by atoms with Crippen LogP contribution in [0.15, 0.2) is 17.3 Å². The van der Waals surface area contributed by atoms with E-state index < -0.39 is 0 Å². The molecule has 64 valence electrons. The quantitative estimate of drug-likeness (QED) is 0.337. The number of oxime groups is 1. The maximum atomic E-state index is 8.25. The molecule has 5 heteroatoms. The van der Waals surface area contributed by atoms with Crippen LogP contribution in [0, 0.1) is 0 Å². The Morgan fingerprint density at radius 3 is 2.50 bits per heavy atom. The van der Waals surface area contributed by atoms with Crippen molar-refractivity contribution in [3.63, 3.8) is 0 Å². The molecule has 0 fully saturated rings. The predicted octanol–water partition coefficient (Wildman–Crippen LogP) is 3.45. The third-order valence-corrected chi connectivity index (χ3v) is 2.25. The summed E-state index contributed by atoms with van der Waals surface area (Å²) in [7, 11) is 0. The molecule has 0 bridgehead atoms. The molecule has 12 heavy (non-hydrogen) atoms. The topological polar surface area (TPSA) is 32.6 Å². The Labute approximate surface area is 84.3 Å². The van der Waals surface area contributed by atoms with Crippen LogP contribution in [0.25, 0.3) is 0 Å². The zero-order chi connectivity index (χ0) is 9.14. The van der Waals surface area contributed by atoms with E-state index in [1.807, 2.05) is 0 Å². The first kappa shape index (κ1) is 9.65. The molecule has 0 aliphatic carbocycles. The maximum absolute atomic E-state index is 8.25. The van der Waals surface area contributed by atoms with Crippen LogP contribution in [0.3, 0.4) is 0 Å². The molecule has 0 atom stereocenters. The Bertz CT molecular complexity index is 325. The highest BCUT2D eigenvalue weighted by molar-refractivity contribution is 6.44. The highest BCUT2D eigenvalue weighted by Crippen LogP contribution is 2.28.